The maximum absolute atomic E-state index is 14.5. The van der Waals surface area contributed by atoms with Crippen molar-refractivity contribution in [1.82, 2.24) is 0 Å². The molecule has 1 aliphatic heterocycles. The highest BCUT2D eigenvalue weighted by Gasteiger charge is 2.86. The molecule has 0 saturated heterocycles. The van der Waals surface area contributed by atoms with Gasteiger partial charge >= 0.3 is 12.1 Å². The Morgan fingerprint density at radius 3 is 2.44 bits per heavy atom. The fourth-order valence-corrected chi connectivity index (χ4v) is 5.17. The van der Waals surface area contributed by atoms with Gasteiger partial charge in [-0.2, -0.15) is 23.3 Å². The lowest BCUT2D eigenvalue weighted by molar-refractivity contribution is -0.258. The van der Waals surface area contributed by atoms with Crippen LogP contribution in [-0.4, -0.2) is 30.9 Å². The molecule has 1 aromatic carbocycles. The van der Waals surface area contributed by atoms with Gasteiger partial charge in [0.2, 0.25) is 0 Å². The Bertz CT molecular complexity index is 880. The number of alkyl halides is 3. The van der Waals surface area contributed by atoms with Gasteiger partial charge in [0.1, 0.15) is 5.41 Å². The molecule has 142 valence electrons. The van der Waals surface area contributed by atoms with Crippen molar-refractivity contribution in [1.29, 1.82) is 0 Å². The highest BCUT2D eigenvalue weighted by Crippen LogP contribution is 2.71. The van der Waals surface area contributed by atoms with Gasteiger partial charge in [0.25, 0.3) is 5.91 Å². The Morgan fingerprint density at radius 2 is 1.85 bits per heavy atom. The summed E-state index contributed by atoms with van der Waals surface area (Å²) in [6.07, 6.45) is -1.95. The summed E-state index contributed by atoms with van der Waals surface area (Å²) in [5.41, 5.74) is -4.78. The number of carbonyl (C=O) groups excluding carboxylic acids is 2. The number of benzene rings is 1. The van der Waals surface area contributed by atoms with Gasteiger partial charge in [0, 0.05) is 5.92 Å². The lowest BCUT2D eigenvalue weighted by Gasteiger charge is -2.46. The molecule has 4 atom stereocenters. The zero-order valence-corrected chi connectivity index (χ0v) is 14.7. The predicted octanol–water partition coefficient (Wildman–Crippen LogP) is 3.32. The summed E-state index contributed by atoms with van der Waals surface area (Å²) < 4.78 is 48.2. The number of rotatable bonds is 2. The molecule has 4 rings (SSSR count). The van der Waals surface area contributed by atoms with E-state index in [1.807, 2.05) is 0 Å². The van der Waals surface area contributed by atoms with Crippen molar-refractivity contribution in [3.8, 4) is 0 Å². The summed E-state index contributed by atoms with van der Waals surface area (Å²) in [7, 11) is 0.917. The molecule has 3 aliphatic rings. The van der Waals surface area contributed by atoms with Crippen LogP contribution in [0, 0.1) is 22.7 Å². The standard InChI is InChI=1S/C19H17F3N2O3/c1-11-17(15(25)24(23-11)14-6-4-3-5-7-14)12-8-9-13(10-12)18(17,16(26)27-2)19(20,21)22/h3-9,12-13H,10H2,1-2H3/t12-,13+,17-,18+/m1/s1. The number of nitrogens with zero attached hydrogens (tertiary/aromatic N) is 2. The Kier molecular flexibility index (Phi) is 3.57. The van der Waals surface area contributed by atoms with Crippen LogP contribution in [0.5, 0.6) is 0 Å². The smallest absolute Gasteiger partial charge is 0.406 e. The summed E-state index contributed by atoms with van der Waals surface area (Å²) in [4.78, 5) is 26.1. The number of allylic oxidation sites excluding steroid dienone is 2. The number of carbonyl (C=O) groups is 2. The monoisotopic (exact) mass is 378 g/mol. The minimum atomic E-state index is -4.98. The zero-order valence-electron chi connectivity index (χ0n) is 14.7. The fourth-order valence-electron chi connectivity index (χ4n) is 5.17. The average molecular weight is 378 g/mol. The molecule has 1 heterocycles. The topological polar surface area (TPSA) is 59.0 Å². The van der Waals surface area contributed by atoms with Gasteiger partial charge in [0.05, 0.1) is 18.5 Å². The largest absolute Gasteiger partial charge is 0.468 e. The second-order valence-electron chi connectivity index (χ2n) is 7.08. The van der Waals surface area contributed by atoms with Crippen molar-refractivity contribution in [2.75, 3.05) is 12.1 Å². The number of hydrazone groups is 1. The highest BCUT2D eigenvalue weighted by atomic mass is 19.4. The van der Waals surface area contributed by atoms with Gasteiger partial charge in [-0.1, -0.05) is 30.4 Å². The average Bonchev–Trinajstić information content (AvgIpc) is 3.29. The third-order valence-electron chi connectivity index (χ3n) is 6.12. The van der Waals surface area contributed by atoms with Crippen LogP contribution < -0.4 is 5.01 Å². The molecular weight excluding hydrogens is 361 g/mol. The minimum absolute atomic E-state index is 0.0177. The van der Waals surface area contributed by atoms with E-state index in [1.165, 1.54) is 13.0 Å². The first-order valence-electron chi connectivity index (χ1n) is 8.51. The van der Waals surface area contributed by atoms with Crippen LogP contribution in [0.4, 0.5) is 18.9 Å². The first-order valence-corrected chi connectivity index (χ1v) is 8.51. The maximum atomic E-state index is 14.5. The van der Waals surface area contributed by atoms with Gasteiger partial charge in [-0.25, -0.2) is 0 Å². The van der Waals surface area contributed by atoms with Crippen molar-refractivity contribution in [2.45, 2.75) is 19.5 Å². The number of methoxy groups -OCH3 is 1. The number of ether oxygens (including phenoxy) is 1. The van der Waals surface area contributed by atoms with Crippen LogP contribution in [0.3, 0.4) is 0 Å². The second-order valence-corrected chi connectivity index (χ2v) is 7.08. The van der Waals surface area contributed by atoms with Crippen LogP contribution in [0.1, 0.15) is 13.3 Å². The molecule has 1 spiro atoms. The number of para-hydroxylation sites is 1. The number of halogens is 3. The molecule has 0 unspecified atom stereocenters. The molecule has 8 heteroatoms. The maximum Gasteiger partial charge on any atom is 0.406 e. The van der Waals surface area contributed by atoms with E-state index < -0.39 is 40.7 Å². The number of esters is 1. The van der Waals surface area contributed by atoms with Crippen LogP contribution in [-0.2, 0) is 14.3 Å². The van der Waals surface area contributed by atoms with Crippen LogP contribution >= 0.6 is 0 Å². The van der Waals surface area contributed by atoms with E-state index in [0.717, 1.165) is 12.1 Å². The van der Waals surface area contributed by atoms with E-state index in [4.69, 9.17) is 0 Å². The van der Waals surface area contributed by atoms with Crippen LogP contribution in [0.25, 0.3) is 0 Å². The molecule has 2 bridgehead atoms. The molecule has 0 aromatic heterocycles. The Balaban J connectivity index is 1.98. The van der Waals surface area contributed by atoms with E-state index in [1.54, 1.807) is 36.4 Å². The van der Waals surface area contributed by atoms with Gasteiger partial charge in [-0.3, -0.25) is 9.59 Å². The number of amides is 1. The lowest BCUT2D eigenvalue weighted by Crippen LogP contribution is -2.65. The number of hydrogen-bond acceptors (Lipinski definition) is 4. The van der Waals surface area contributed by atoms with Crippen molar-refractivity contribution >= 4 is 23.3 Å². The quantitative estimate of drug-likeness (QED) is 0.586. The van der Waals surface area contributed by atoms with E-state index in [-0.39, 0.29) is 12.1 Å². The Morgan fingerprint density at radius 1 is 1.22 bits per heavy atom. The fraction of sp³-hybridized carbons (Fsp3) is 0.421. The summed E-state index contributed by atoms with van der Waals surface area (Å²) in [6.45, 7) is 1.39. The second kappa shape index (κ2) is 5.43. The van der Waals surface area contributed by atoms with Gasteiger partial charge in [-0.15, -0.1) is 0 Å². The molecule has 5 nitrogen and oxygen atoms in total. The minimum Gasteiger partial charge on any atom is -0.468 e. The molecule has 1 saturated carbocycles. The third-order valence-corrected chi connectivity index (χ3v) is 6.12. The predicted molar refractivity (Wildman–Crippen MR) is 90.7 cm³/mol. The SMILES string of the molecule is COC(=O)[C@@]1(C(F)(F)F)[C@H]2C=C[C@H](C2)[C@]12C(=O)N(c1ccccc1)N=C2C. The van der Waals surface area contributed by atoms with E-state index in [2.05, 4.69) is 9.84 Å². The zero-order chi connectivity index (χ0) is 19.6. The Hall–Kier alpha value is -2.64. The molecule has 1 fully saturated rings. The molecular formula is C19H17F3N2O3. The Labute approximate surface area is 153 Å². The third kappa shape index (κ3) is 1.83. The lowest BCUT2D eigenvalue weighted by atomic mass is 9.55. The molecule has 1 aromatic rings. The summed E-state index contributed by atoms with van der Waals surface area (Å²) in [6, 6.07) is 8.23. The molecule has 2 aliphatic carbocycles. The normalized spacial score (nSPS) is 34.5. The van der Waals surface area contributed by atoms with Gasteiger partial charge in [0.15, 0.2) is 5.41 Å². The van der Waals surface area contributed by atoms with Crippen molar-refractivity contribution in [3.63, 3.8) is 0 Å². The highest BCUT2D eigenvalue weighted by molar-refractivity contribution is 6.22. The van der Waals surface area contributed by atoms with Crippen molar-refractivity contribution < 1.29 is 27.5 Å². The molecule has 27 heavy (non-hydrogen) atoms. The number of hydrogen-bond donors (Lipinski definition) is 0. The van der Waals surface area contributed by atoms with Gasteiger partial charge in [-0.05, 0) is 31.4 Å². The summed E-state index contributed by atoms with van der Waals surface area (Å²) in [5.74, 6) is -4.22. The molecule has 1 amide bonds. The summed E-state index contributed by atoms with van der Waals surface area (Å²) in [5, 5.41) is 5.16. The number of anilines is 1. The van der Waals surface area contributed by atoms with E-state index >= 15 is 0 Å². The summed E-state index contributed by atoms with van der Waals surface area (Å²) >= 11 is 0. The number of fused-ring (bicyclic) bond motifs is 3. The molecule has 0 radical (unpaired) electrons. The first-order chi connectivity index (χ1) is 12.7. The van der Waals surface area contributed by atoms with E-state index in [9.17, 15) is 22.8 Å². The molecule has 0 N–H and O–H groups in total. The van der Waals surface area contributed by atoms with Crippen molar-refractivity contribution in [3.05, 3.63) is 42.5 Å². The first kappa shape index (κ1) is 17.8. The van der Waals surface area contributed by atoms with Crippen molar-refractivity contribution in [2.24, 2.45) is 27.8 Å². The van der Waals surface area contributed by atoms with Gasteiger partial charge < -0.3 is 4.74 Å². The van der Waals surface area contributed by atoms with E-state index in [0.29, 0.717) is 5.69 Å². The van der Waals surface area contributed by atoms with Crippen LogP contribution in [0.2, 0.25) is 0 Å². The van der Waals surface area contributed by atoms with Crippen LogP contribution in [0.15, 0.2) is 47.6 Å².